The van der Waals surface area contributed by atoms with Gasteiger partial charge in [0.2, 0.25) is 5.91 Å². The van der Waals surface area contributed by atoms with E-state index in [0.29, 0.717) is 31.8 Å². The number of aromatic nitrogens is 2. The van der Waals surface area contributed by atoms with E-state index in [4.69, 9.17) is 21.3 Å². The van der Waals surface area contributed by atoms with E-state index < -0.39 is 0 Å². The maximum absolute atomic E-state index is 12.9. The van der Waals surface area contributed by atoms with Gasteiger partial charge in [-0.25, -0.2) is 4.98 Å². The fourth-order valence-electron chi connectivity index (χ4n) is 3.19. The van der Waals surface area contributed by atoms with E-state index in [1.165, 1.54) is 34.8 Å². The van der Waals surface area contributed by atoms with E-state index in [1.54, 1.807) is 25.2 Å². The molecule has 32 heavy (non-hydrogen) atoms. The van der Waals surface area contributed by atoms with Crippen LogP contribution >= 0.6 is 34.7 Å². The lowest BCUT2D eigenvalue weighted by atomic mass is 10.1. The summed E-state index contributed by atoms with van der Waals surface area (Å²) in [7, 11) is 3.19. The molecule has 0 spiro atoms. The summed E-state index contributed by atoms with van der Waals surface area (Å²) < 4.78 is 7.34. The Morgan fingerprint density at radius 3 is 2.72 bits per heavy atom. The molecule has 2 heterocycles. The van der Waals surface area contributed by atoms with Crippen molar-refractivity contribution in [2.75, 3.05) is 18.2 Å². The summed E-state index contributed by atoms with van der Waals surface area (Å²) in [5, 5.41) is 5.72. The van der Waals surface area contributed by atoms with Crippen molar-refractivity contribution in [1.29, 1.82) is 0 Å². The summed E-state index contributed by atoms with van der Waals surface area (Å²) in [4.78, 5) is 30.2. The predicted molar refractivity (Wildman–Crippen MR) is 132 cm³/mol. The number of hydrogen-bond donors (Lipinski definition) is 1. The van der Waals surface area contributed by atoms with Gasteiger partial charge in [-0.15, -0.1) is 11.3 Å². The summed E-state index contributed by atoms with van der Waals surface area (Å²) in [6.45, 7) is 2.03. The third kappa shape index (κ3) is 4.53. The Morgan fingerprint density at radius 1 is 1.25 bits per heavy atom. The van der Waals surface area contributed by atoms with Crippen molar-refractivity contribution in [2.45, 2.75) is 12.1 Å². The van der Waals surface area contributed by atoms with Gasteiger partial charge in [0.05, 0.1) is 24.1 Å². The highest BCUT2D eigenvalue weighted by atomic mass is 35.5. The number of benzene rings is 2. The minimum Gasteiger partial charge on any atom is -0.495 e. The second-order valence-corrected chi connectivity index (χ2v) is 9.39. The summed E-state index contributed by atoms with van der Waals surface area (Å²) in [5.74, 6) is 0.334. The van der Waals surface area contributed by atoms with Crippen molar-refractivity contribution in [2.24, 2.45) is 7.05 Å². The van der Waals surface area contributed by atoms with E-state index >= 15 is 0 Å². The maximum atomic E-state index is 12.9. The molecule has 0 aliphatic heterocycles. The summed E-state index contributed by atoms with van der Waals surface area (Å²) in [6.07, 6.45) is 0. The minimum atomic E-state index is -0.256. The zero-order valence-corrected chi connectivity index (χ0v) is 20.0. The van der Waals surface area contributed by atoms with Crippen molar-refractivity contribution in [3.63, 3.8) is 0 Å². The third-order valence-electron chi connectivity index (χ3n) is 4.89. The van der Waals surface area contributed by atoms with Crippen molar-refractivity contribution >= 4 is 56.5 Å². The SMILES string of the molecule is COc1ccc(Cl)cc1NC(=O)CSc1nc2c(-c3ccc(C)cc3)csc2c(=O)n1C. The van der Waals surface area contributed by atoms with Crippen LogP contribution in [0.15, 0.2) is 57.8 Å². The van der Waals surface area contributed by atoms with E-state index in [2.05, 4.69) is 5.32 Å². The fourth-order valence-corrected chi connectivity index (χ4v) is 5.11. The van der Waals surface area contributed by atoms with Crippen molar-refractivity contribution in [3.8, 4) is 16.9 Å². The zero-order chi connectivity index (χ0) is 22.8. The number of thiophene rings is 1. The molecule has 0 bridgehead atoms. The Morgan fingerprint density at radius 2 is 2.00 bits per heavy atom. The molecule has 6 nitrogen and oxygen atoms in total. The smallest absolute Gasteiger partial charge is 0.271 e. The molecule has 2 aromatic carbocycles. The second-order valence-electron chi connectivity index (χ2n) is 7.13. The Hall–Kier alpha value is -2.81. The highest BCUT2D eigenvalue weighted by Gasteiger charge is 2.17. The second kappa shape index (κ2) is 9.36. The van der Waals surface area contributed by atoms with Crippen molar-refractivity contribution in [3.05, 3.63) is 68.8 Å². The number of anilines is 1. The molecule has 0 radical (unpaired) electrons. The first-order chi connectivity index (χ1) is 15.4. The van der Waals surface area contributed by atoms with E-state index in [0.717, 1.165) is 16.7 Å². The van der Waals surface area contributed by atoms with Gasteiger partial charge in [0, 0.05) is 23.0 Å². The highest BCUT2D eigenvalue weighted by Crippen LogP contribution is 2.33. The molecule has 9 heteroatoms. The number of nitrogens with one attached hydrogen (secondary N) is 1. The third-order valence-corrected chi connectivity index (χ3v) is 7.11. The van der Waals surface area contributed by atoms with Crippen LogP contribution in [0, 0.1) is 6.92 Å². The van der Waals surface area contributed by atoms with Crippen LogP contribution in [-0.2, 0) is 11.8 Å². The quantitative estimate of drug-likeness (QED) is 0.294. The Labute approximate surface area is 198 Å². The lowest BCUT2D eigenvalue weighted by Crippen LogP contribution is -2.21. The number of carbonyl (C=O) groups excluding carboxylic acids is 1. The molecule has 0 saturated carbocycles. The molecule has 4 rings (SSSR count). The number of hydrogen-bond acceptors (Lipinski definition) is 6. The lowest BCUT2D eigenvalue weighted by Gasteiger charge is -2.11. The van der Waals surface area contributed by atoms with Crippen LogP contribution in [0.1, 0.15) is 5.56 Å². The molecule has 0 aliphatic carbocycles. The first-order valence-electron chi connectivity index (χ1n) is 9.69. The van der Waals surface area contributed by atoms with Crippen LogP contribution in [0.5, 0.6) is 5.75 Å². The number of aryl methyl sites for hydroxylation is 1. The van der Waals surface area contributed by atoms with Crippen LogP contribution < -0.4 is 15.6 Å². The molecule has 1 N–H and O–H groups in total. The first-order valence-corrected chi connectivity index (χ1v) is 11.9. The van der Waals surface area contributed by atoms with E-state index in [-0.39, 0.29) is 17.2 Å². The molecule has 1 amide bonds. The molecule has 0 saturated heterocycles. The number of ether oxygens (including phenoxy) is 1. The summed E-state index contributed by atoms with van der Waals surface area (Å²) in [5.41, 5.74) is 4.10. The molecule has 4 aromatic rings. The Kier molecular flexibility index (Phi) is 6.55. The van der Waals surface area contributed by atoms with Gasteiger partial charge in [0.15, 0.2) is 5.16 Å². The average molecular weight is 486 g/mol. The number of carbonyl (C=O) groups is 1. The van der Waals surface area contributed by atoms with Gasteiger partial charge in [0.1, 0.15) is 10.4 Å². The monoisotopic (exact) mass is 485 g/mol. The highest BCUT2D eigenvalue weighted by molar-refractivity contribution is 7.99. The molecular formula is C23H20ClN3O3S2. The molecule has 2 aromatic heterocycles. The van der Waals surface area contributed by atoms with Gasteiger partial charge < -0.3 is 10.1 Å². The number of halogens is 1. The number of methoxy groups -OCH3 is 1. The largest absolute Gasteiger partial charge is 0.495 e. The number of thioether (sulfide) groups is 1. The van der Waals surface area contributed by atoms with Crippen LogP contribution in [0.2, 0.25) is 5.02 Å². The standard InChI is InChI=1S/C23H20ClN3O3S2/c1-13-4-6-14(7-5-13)16-11-31-21-20(16)26-23(27(2)22(21)29)32-12-19(28)25-17-10-15(24)8-9-18(17)30-3/h4-11H,12H2,1-3H3,(H,25,28). The van der Waals surface area contributed by atoms with Crippen LogP contribution in [0.3, 0.4) is 0 Å². The zero-order valence-electron chi connectivity index (χ0n) is 17.6. The van der Waals surface area contributed by atoms with Crippen LogP contribution in [0.25, 0.3) is 21.3 Å². The van der Waals surface area contributed by atoms with Crippen molar-refractivity contribution < 1.29 is 9.53 Å². The van der Waals surface area contributed by atoms with Gasteiger partial charge in [0.25, 0.3) is 5.56 Å². The first kappa shape index (κ1) is 22.4. The minimum absolute atomic E-state index is 0.0749. The van der Waals surface area contributed by atoms with Crippen molar-refractivity contribution in [1.82, 2.24) is 9.55 Å². The van der Waals surface area contributed by atoms with Gasteiger partial charge in [-0.05, 0) is 30.7 Å². The van der Waals surface area contributed by atoms with E-state index in [9.17, 15) is 9.59 Å². The maximum Gasteiger partial charge on any atom is 0.271 e. The number of amides is 1. The van der Waals surface area contributed by atoms with E-state index in [1.807, 2.05) is 36.6 Å². The average Bonchev–Trinajstić information content (AvgIpc) is 3.20. The molecule has 0 aliphatic rings. The number of fused-ring (bicyclic) bond motifs is 1. The molecule has 164 valence electrons. The predicted octanol–water partition coefficient (Wildman–Crippen LogP) is 5.36. The van der Waals surface area contributed by atoms with Gasteiger partial charge in [-0.3, -0.25) is 14.2 Å². The van der Waals surface area contributed by atoms with Crippen LogP contribution in [0.4, 0.5) is 5.69 Å². The van der Waals surface area contributed by atoms with Gasteiger partial charge in [-0.1, -0.05) is 53.2 Å². The van der Waals surface area contributed by atoms with Crippen LogP contribution in [-0.4, -0.2) is 28.3 Å². The Bertz CT molecular complexity index is 1360. The topological polar surface area (TPSA) is 73.2 Å². The molecule has 0 fully saturated rings. The number of nitrogens with zero attached hydrogens (tertiary/aromatic N) is 2. The Balaban J connectivity index is 1.59. The molecule has 0 unspecified atom stereocenters. The number of rotatable bonds is 6. The lowest BCUT2D eigenvalue weighted by molar-refractivity contribution is -0.113. The van der Waals surface area contributed by atoms with Gasteiger partial charge in [-0.2, -0.15) is 0 Å². The summed E-state index contributed by atoms with van der Waals surface area (Å²) >= 11 is 8.61. The fraction of sp³-hybridized carbons (Fsp3) is 0.174. The normalized spacial score (nSPS) is 11.0. The van der Waals surface area contributed by atoms with Gasteiger partial charge >= 0.3 is 0 Å². The molecule has 0 atom stereocenters. The molecular weight excluding hydrogens is 466 g/mol. The summed E-state index contributed by atoms with van der Waals surface area (Å²) in [6, 6.07) is 13.1.